The van der Waals surface area contributed by atoms with Crippen LogP contribution in [0.3, 0.4) is 0 Å². The molecule has 0 aliphatic carbocycles. The van der Waals surface area contributed by atoms with E-state index in [1.165, 1.54) is 12.1 Å². The zero-order valence-electron chi connectivity index (χ0n) is 13.5. The number of carbonyl (C=O) groups excluding carboxylic acids is 1. The molecule has 1 N–H and O–H groups in total. The number of hydrogen-bond acceptors (Lipinski definition) is 2. The van der Waals surface area contributed by atoms with Crippen LogP contribution in [0.4, 0.5) is 4.39 Å². The molecule has 3 aromatic rings. The Balaban J connectivity index is 1.52. The van der Waals surface area contributed by atoms with Crippen molar-refractivity contribution in [3.63, 3.8) is 0 Å². The molecule has 0 aliphatic heterocycles. The maximum Gasteiger partial charge on any atom is 0.226 e. The van der Waals surface area contributed by atoms with Crippen LogP contribution in [0.2, 0.25) is 0 Å². The fourth-order valence-corrected chi connectivity index (χ4v) is 2.53. The molecule has 0 saturated carbocycles. The summed E-state index contributed by atoms with van der Waals surface area (Å²) < 4.78 is 18.3. The highest BCUT2D eigenvalue weighted by molar-refractivity contribution is 5.88. The molecule has 5 heteroatoms. The molecular formula is C19H19FN2O2. The summed E-state index contributed by atoms with van der Waals surface area (Å²) in [5.74, 6) is 0.324. The van der Waals surface area contributed by atoms with Gasteiger partial charge < -0.3 is 14.6 Å². The van der Waals surface area contributed by atoms with Crippen molar-refractivity contribution in [2.45, 2.75) is 6.42 Å². The minimum absolute atomic E-state index is 0.0301. The number of likely N-dealkylation sites (N-methyl/N-ethyl adjacent to an activating group) is 1. The van der Waals surface area contributed by atoms with Gasteiger partial charge in [0.1, 0.15) is 18.2 Å². The van der Waals surface area contributed by atoms with Crippen molar-refractivity contribution in [2.75, 3.05) is 20.2 Å². The monoisotopic (exact) mass is 326 g/mol. The van der Waals surface area contributed by atoms with Gasteiger partial charge in [-0.3, -0.25) is 4.79 Å². The number of H-pyrrole nitrogens is 1. The summed E-state index contributed by atoms with van der Waals surface area (Å²) in [7, 11) is 1.76. The van der Waals surface area contributed by atoms with Gasteiger partial charge in [-0.25, -0.2) is 4.39 Å². The number of fused-ring (bicyclic) bond motifs is 1. The van der Waals surface area contributed by atoms with E-state index < -0.39 is 0 Å². The number of aromatic amines is 1. The highest BCUT2D eigenvalue weighted by Gasteiger charge is 2.12. The number of carbonyl (C=O) groups is 1. The third kappa shape index (κ3) is 3.74. The molecule has 1 heterocycles. The SMILES string of the molecule is CN(CCOc1ccc(F)cc1)C(=O)Cc1c[nH]c2ccccc12. The molecule has 124 valence electrons. The summed E-state index contributed by atoms with van der Waals surface area (Å²) in [5, 5.41) is 1.07. The first-order valence-corrected chi connectivity index (χ1v) is 7.81. The Morgan fingerprint density at radius 3 is 2.71 bits per heavy atom. The summed E-state index contributed by atoms with van der Waals surface area (Å²) in [6.45, 7) is 0.834. The molecule has 0 aliphatic rings. The van der Waals surface area contributed by atoms with Crippen LogP contribution in [0, 0.1) is 5.82 Å². The average Bonchev–Trinajstić information content (AvgIpc) is 3.00. The molecule has 0 bridgehead atoms. The highest BCUT2D eigenvalue weighted by Crippen LogP contribution is 2.18. The number of para-hydroxylation sites is 1. The Hall–Kier alpha value is -2.82. The number of amides is 1. The second-order valence-electron chi connectivity index (χ2n) is 5.65. The zero-order valence-corrected chi connectivity index (χ0v) is 13.5. The third-order valence-electron chi connectivity index (χ3n) is 3.95. The molecule has 0 radical (unpaired) electrons. The van der Waals surface area contributed by atoms with E-state index in [0.29, 0.717) is 25.3 Å². The van der Waals surface area contributed by atoms with Crippen molar-refractivity contribution in [1.82, 2.24) is 9.88 Å². The van der Waals surface area contributed by atoms with E-state index in [1.807, 2.05) is 30.5 Å². The summed E-state index contributed by atoms with van der Waals surface area (Å²) in [5.41, 5.74) is 2.02. The number of benzene rings is 2. The number of ether oxygens (including phenoxy) is 1. The maximum atomic E-state index is 12.8. The van der Waals surface area contributed by atoms with Crippen LogP contribution >= 0.6 is 0 Å². The summed E-state index contributed by atoms with van der Waals surface area (Å²) >= 11 is 0. The second kappa shape index (κ2) is 7.17. The molecule has 1 amide bonds. The molecule has 0 spiro atoms. The van der Waals surface area contributed by atoms with Crippen molar-refractivity contribution in [3.05, 3.63) is 66.1 Å². The fourth-order valence-electron chi connectivity index (χ4n) is 2.53. The Labute approximate surface area is 139 Å². The first-order valence-electron chi connectivity index (χ1n) is 7.81. The number of hydrogen-bond donors (Lipinski definition) is 1. The van der Waals surface area contributed by atoms with Crippen LogP contribution in [0.25, 0.3) is 10.9 Å². The van der Waals surface area contributed by atoms with Crippen LogP contribution in [0.15, 0.2) is 54.7 Å². The van der Waals surface area contributed by atoms with E-state index in [-0.39, 0.29) is 11.7 Å². The van der Waals surface area contributed by atoms with E-state index in [9.17, 15) is 9.18 Å². The smallest absolute Gasteiger partial charge is 0.226 e. The molecule has 0 saturated heterocycles. The lowest BCUT2D eigenvalue weighted by Gasteiger charge is -2.17. The molecular weight excluding hydrogens is 307 g/mol. The fraction of sp³-hybridized carbons (Fsp3) is 0.211. The lowest BCUT2D eigenvalue weighted by molar-refractivity contribution is -0.129. The molecule has 0 fully saturated rings. The normalized spacial score (nSPS) is 10.8. The van der Waals surface area contributed by atoms with Gasteiger partial charge in [0.05, 0.1) is 13.0 Å². The molecule has 24 heavy (non-hydrogen) atoms. The van der Waals surface area contributed by atoms with E-state index in [0.717, 1.165) is 16.5 Å². The Bertz CT molecular complexity index is 827. The topological polar surface area (TPSA) is 45.3 Å². The molecule has 0 unspecified atom stereocenters. The number of nitrogens with one attached hydrogen (secondary N) is 1. The van der Waals surface area contributed by atoms with Crippen LogP contribution in [0.1, 0.15) is 5.56 Å². The first-order chi connectivity index (χ1) is 11.6. The second-order valence-corrected chi connectivity index (χ2v) is 5.65. The van der Waals surface area contributed by atoms with E-state index in [1.54, 1.807) is 24.1 Å². The van der Waals surface area contributed by atoms with Crippen molar-refractivity contribution in [1.29, 1.82) is 0 Å². The van der Waals surface area contributed by atoms with Crippen LogP contribution in [-0.2, 0) is 11.2 Å². The third-order valence-corrected chi connectivity index (χ3v) is 3.95. The quantitative estimate of drug-likeness (QED) is 0.755. The van der Waals surface area contributed by atoms with E-state index >= 15 is 0 Å². The van der Waals surface area contributed by atoms with Gasteiger partial charge in [0.2, 0.25) is 5.91 Å². The standard InChI is InChI=1S/C19H19FN2O2/c1-22(10-11-24-16-8-6-15(20)7-9-16)19(23)12-14-13-21-18-5-3-2-4-17(14)18/h2-9,13,21H,10-12H2,1H3. The average molecular weight is 326 g/mol. The molecule has 0 atom stereocenters. The van der Waals surface area contributed by atoms with Crippen LogP contribution in [-0.4, -0.2) is 36.0 Å². The Morgan fingerprint density at radius 2 is 1.92 bits per heavy atom. The lowest BCUT2D eigenvalue weighted by Crippen LogP contribution is -2.32. The van der Waals surface area contributed by atoms with Gasteiger partial charge in [0.15, 0.2) is 0 Å². The minimum Gasteiger partial charge on any atom is -0.492 e. The summed E-state index contributed by atoms with van der Waals surface area (Å²) in [6.07, 6.45) is 2.22. The van der Waals surface area contributed by atoms with Gasteiger partial charge in [0, 0.05) is 24.1 Å². The van der Waals surface area contributed by atoms with Crippen LogP contribution < -0.4 is 4.74 Å². The van der Waals surface area contributed by atoms with Gasteiger partial charge >= 0.3 is 0 Å². The largest absolute Gasteiger partial charge is 0.492 e. The van der Waals surface area contributed by atoms with Crippen LogP contribution in [0.5, 0.6) is 5.75 Å². The highest BCUT2D eigenvalue weighted by atomic mass is 19.1. The van der Waals surface area contributed by atoms with Crippen molar-refractivity contribution in [3.8, 4) is 5.75 Å². The lowest BCUT2D eigenvalue weighted by atomic mass is 10.1. The van der Waals surface area contributed by atoms with Crippen molar-refractivity contribution >= 4 is 16.8 Å². The van der Waals surface area contributed by atoms with E-state index in [4.69, 9.17) is 4.74 Å². The van der Waals surface area contributed by atoms with Crippen molar-refractivity contribution < 1.29 is 13.9 Å². The summed E-state index contributed by atoms with van der Waals surface area (Å²) in [6, 6.07) is 13.8. The van der Waals surface area contributed by atoms with Gasteiger partial charge in [-0.2, -0.15) is 0 Å². The van der Waals surface area contributed by atoms with Gasteiger partial charge in [-0.1, -0.05) is 18.2 Å². The zero-order chi connectivity index (χ0) is 16.9. The van der Waals surface area contributed by atoms with Crippen molar-refractivity contribution in [2.24, 2.45) is 0 Å². The molecule has 2 aromatic carbocycles. The molecule has 4 nitrogen and oxygen atoms in total. The van der Waals surface area contributed by atoms with Gasteiger partial charge in [-0.05, 0) is 35.9 Å². The molecule has 1 aromatic heterocycles. The molecule has 3 rings (SSSR count). The summed E-state index contributed by atoms with van der Waals surface area (Å²) in [4.78, 5) is 17.2. The Morgan fingerprint density at radius 1 is 1.17 bits per heavy atom. The predicted molar refractivity (Wildman–Crippen MR) is 91.5 cm³/mol. The van der Waals surface area contributed by atoms with Gasteiger partial charge in [-0.15, -0.1) is 0 Å². The number of halogens is 1. The van der Waals surface area contributed by atoms with E-state index in [2.05, 4.69) is 4.98 Å². The number of rotatable bonds is 6. The Kier molecular flexibility index (Phi) is 4.79. The van der Waals surface area contributed by atoms with Gasteiger partial charge in [0.25, 0.3) is 0 Å². The number of nitrogens with zero attached hydrogens (tertiary/aromatic N) is 1. The minimum atomic E-state index is -0.298. The predicted octanol–water partition coefficient (Wildman–Crippen LogP) is 3.39. The maximum absolute atomic E-state index is 12.8. The first kappa shape index (κ1) is 16.1. The number of aromatic nitrogens is 1.